The first-order valence-electron chi connectivity index (χ1n) is 8.42. The SMILES string of the molecule is CCOc1cc(/C=C2\SC(=S)NC2=O)cc(Br)c1OS(=O)(=O)c1ccc(C)cc1. The van der Waals surface area contributed by atoms with Gasteiger partial charge in [0.2, 0.25) is 0 Å². The van der Waals surface area contributed by atoms with Gasteiger partial charge in [-0.1, -0.05) is 41.7 Å². The van der Waals surface area contributed by atoms with Gasteiger partial charge in [-0.2, -0.15) is 8.42 Å². The molecule has 1 amide bonds. The Kier molecular flexibility index (Phi) is 6.67. The first-order chi connectivity index (χ1) is 13.7. The van der Waals surface area contributed by atoms with Crippen LogP contribution in [0.2, 0.25) is 0 Å². The van der Waals surface area contributed by atoms with Crippen LogP contribution in [-0.2, 0) is 14.9 Å². The van der Waals surface area contributed by atoms with Crippen molar-refractivity contribution in [2.24, 2.45) is 0 Å². The second kappa shape index (κ2) is 8.86. The van der Waals surface area contributed by atoms with Crippen molar-refractivity contribution in [2.45, 2.75) is 18.7 Å². The number of hydrogen-bond acceptors (Lipinski definition) is 7. The highest BCUT2D eigenvalue weighted by atomic mass is 79.9. The summed E-state index contributed by atoms with van der Waals surface area (Å²) in [5.41, 5.74) is 1.56. The molecule has 0 atom stereocenters. The van der Waals surface area contributed by atoms with Crippen LogP contribution in [-0.4, -0.2) is 25.3 Å². The van der Waals surface area contributed by atoms with Gasteiger partial charge < -0.3 is 14.2 Å². The smallest absolute Gasteiger partial charge is 0.339 e. The van der Waals surface area contributed by atoms with E-state index in [1.54, 1.807) is 37.3 Å². The quantitative estimate of drug-likeness (QED) is 0.348. The maximum Gasteiger partial charge on any atom is 0.339 e. The summed E-state index contributed by atoms with van der Waals surface area (Å²) in [6.07, 6.45) is 1.64. The number of carbonyl (C=O) groups is 1. The van der Waals surface area contributed by atoms with E-state index in [1.165, 1.54) is 12.1 Å². The lowest BCUT2D eigenvalue weighted by atomic mass is 10.2. The van der Waals surface area contributed by atoms with Crippen LogP contribution in [0.5, 0.6) is 11.5 Å². The van der Waals surface area contributed by atoms with Crippen molar-refractivity contribution >= 4 is 66.3 Å². The van der Waals surface area contributed by atoms with Crippen molar-refractivity contribution in [3.05, 3.63) is 56.9 Å². The molecular weight excluding hydrogens is 498 g/mol. The van der Waals surface area contributed by atoms with Crippen LogP contribution in [0.25, 0.3) is 6.08 Å². The van der Waals surface area contributed by atoms with Gasteiger partial charge in [0, 0.05) is 0 Å². The zero-order valence-corrected chi connectivity index (χ0v) is 19.4. The number of thiocarbonyl (C=S) groups is 1. The molecule has 0 aliphatic carbocycles. The highest BCUT2D eigenvalue weighted by molar-refractivity contribution is 9.10. The largest absolute Gasteiger partial charge is 0.490 e. The monoisotopic (exact) mass is 513 g/mol. The third kappa shape index (κ3) is 5.19. The average Bonchev–Trinajstić information content (AvgIpc) is 2.95. The Morgan fingerprint density at radius 3 is 2.52 bits per heavy atom. The lowest BCUT2D eigenvalue weighted by Gasteiger charge is -2.14. The predicted molar refractivity (Wildman–Crippen MR) is 121 cm³/mol. The number of aryl methyl sites for hydroxylation is 1. The van der Waals surface area contributed by atoms with E-state index in [9.17, 15) is 13.2 Å². The predicted octanol–water partition coefficient (Wildman–Crippen LogP) is 4.41. The average molecular weight is 514 g/mol. The van der Waals surface area contributed by atoms with E-state index in [0.29, 0.717) is 25.9 Å². The van der Waals surface area contributed by atoms with Gasteiger partial charge in [0.05, 0.1) is 16.0 Å². The summed E-state index contributed by atoms with van der Waals surface area (Å²) < 4.78 is 37.1. The number of ether oxygens (including phenoxy) is 1. The Morgan fingerprint density at radius 2 is 1.93 bits per heavy atom. The summed E-state index contributed by atoms with van der Waals surface area (Å²) in [7, 11) is -4.06. The van der Waals surface area contributed by atoms with E-state index in [0.717, 1.165) is 17.3 Å². The van der Waals surface area contributed by atoms with Gasteiger partial charge in [-0.3, -0.25) is 4.79 Å². The minimum absolute atomic E-state index is 0.0358. The Hall–Kier alpha value is -1.88. The summed E-state index contributed by atoms with van der Waals surface area (Å²) in [5.74, 6) is -0.0135. The zero-order valence-electron chi connectivity index (χ0n) is 15.4. The number of amides is 1. The molecule has 0 bridgehead atoms. The maximum absolute atomic E-state index is 12.7. The Balaban J connectivity index is 1.99. The molecule has 29 heavy (non-hydrogen) atoms. The topological polar surface area (TPSA) is 81.7 Å². The van der Waals surface area contributed by atoms with Gasteiger partial charge in [-0.25, -0.2) is 0 Å². The molecule has 1 fully saturated rings. The molecule has 1 aliphatic heterocycles. The summed E-state index contributed by atoms with van der Waals surface area (Å²) in [5, 5.41) is 2.55. The lowest BCUT2D eigenvalue weighted by molar-refractivity contribution is -0.115. The molecule has 0 radical (unpaired) electrons. The second-order valence-corrected chi connectivity index (χ2v) is 10.1. The molecule has 152 valence electrons. The third-order valence-electron chi connectivity index (χ3n) is 3.77. The fraction of sp³-hybridized carbons (Fsp3) is 0.158. The highest BCUT2D eigenvalue weighted by Gasteiger charge is 2.24. The molecule has 6 nitrogen and oxygen atoms in total. The summed E-state index contributed by atoms with van der Waals surface area (Å²) >= 11 is 9.49. The van der Waals surface area contributed by atoms with Gasteiger partial charge >= 0.3 is 10.1 Å². The van der Waals surface area contributed by atoms with Crippen LogP contribution < -0.4 is 14.2 Å². The second-order valence-electron chi connectivity index (χ2n) is 5.97. The number of rotatable bonds is 6. The van der Waals surface area contributed by atoms with Crippen LogP contribution in [0.15, 0.2) is 50.7 Å². The van der Waals surface area contributed by atoms with Gasteiger partial charge in [0.15, 0.2) is 11.5 Å². The first-order valence-corrected chi connectivity index (χ1v) is 11.8. The number of carbonyl (C=O) groups excluding carboxylic acids is 1. The Morgan fingerprint density at radius 1 is 1.24 bits per heavy atom. The molecule has 1 saturated heterocycles. The molecule has 0 spiro atoms. The van der Waals surface area contributed by atoms with Gasteiger partial charge in [-0.05, 0) is 65.7 Å². The molecule has 0 unspecified atom stereocenters. The van der Waals surface area contributed by atoms with Crippen LogP contribution in [0, 0.1) is 6.92 Å². The molecule has 0 aromatic heterocycles. The summed E-state index contributed by atoms with van der Waals surface area (Å²) in [6, 6.07) is 9.60. The van der Waals surface area contributed by atoms with Gasteiger partial charge in [0.25, 0.3) is 5.91 Å². The fourth-order valence-corrected chi connectivity index (χ4v) is 5.10. The van der Waals surface area contributed by atoms with E-state index in [4.69, 9.17) is 21.1 Å². The maximum atomic E-state index is 12.7. The Labute approximate surface area is 186 Å². The summed E-state index contributed by atoms with van der Waals surface area (Å²) in [6.45, 7) is 3.94. The molecule has 3 rings (SSSR count). The van der Waals surface area contributed by atoms with Crippen molar-refractivity contribution in [1.82, 2.24) is 5.32 Å². The van der Waals surface area contributed by atoms with E-state index in [-0.39, 0.29) is 22.3 Å². The van der Waals surface area contributed by atoms with Crippen LogP contribution >= 0.6 is 39.9 Å². The molecule has 1 heterocycles. The number of thioether (sulfide) groups is 1. The van der Waals surface area contributed by atoms with E-state index >= 15 is 0 Å². The minimum atomic E-state index is -4.06. The fourth-order valence-electron chi connectivity index (χ4n) is 2.45. The number of hydrogen-bond donors (Lipinski definition) is 1. The third-order valence-corrected chi connectivity index (χ3v) is 6.76. The van der Waals surface area contributed by atoms with Crippen molar-refractivity contribution in [3.8, 4) is 11.5 Å². The van der Waals surface area contributed by atoms with Crippen LogP contribution in [0.4, 0.5) is 0 Å². The van der Waals surface area contributed by atoms with Crippen molar-refractivity contribution in [3.63, 3.8) is 0 Å². The van der Waals surface area contributed by atoms with Crippen LogP contribution in [0.3, 0.4) is 0 Å². The molecule has 10 heteroatoms. The first kappa shape index (κ1) is 21.8. The van der Waals surface area contributed by atoms with E-state index < -0.39 is 10.1 Å². The minimum Gasteiger partial charge on any atom is -0.490 e. The van der Waals surface area contributed by atoms with Crippen molar-refractivity contribution < 1.29 is 22.1 Å². The molecule has 2 aromatic rings. The standard InChI is InChI=1S/C19H16BrNO5S3/c1-3-25-15-9-12(10-16-18(22)21-19(27)28-16)8-14(20)17(15)26-29(23,24)13-6-4-11(2)5-7-13/h4-10H,3H2,1-2H3,(H,21,22,27)/b16-10-. The van der Waals surface area contributed by atoms with E-state index in [2.05, 4.69) is 21.2 Å². The van der Waals surface area contributed by atoms with E-state index in [1.807, 2.05) is 6.92 Å². The molecular formula is C19H16BrNO5S3. The number of benzene rings is 2. The van der Waals surface area contributed by atoms with Crippen molar-refractivity contribution in [1.29, 1.82) is 0 Å². The molecule has 0 saturated carbocycles. The molecule has 2 aromatic carbocycles. The normalized spacial score (nSPS) is 15.5. The number of halogens is 1. The number of nitrogens with one attached hydrogen (secondary N) is 1. The molecule has 1 aliphatic rings. The highest BCUT2D eigenvalue weighted by Crippen LogP contribution is 2.40. The Bertz CT molecular complexity index is 1110. The van der Waals surface area contributed by atoms with Gasteiger partial charge in [-0.15, -0.1) is 0 Å². The lowest BCUT2D eigenvalue weighted by Crippen LogP contribution is -2.17. The zero-order chi connectivity index (χ0) is 21.2. The molecule has 1 N–H and O–H groups in total. The summed E-state index contributed by atoms with van der Waals surface area (Å²) in [4.78, 5) is 12.4. The van der Waals surface area contributed by atoms with Crippen LogP contribution in [0.1, 0.15) is 18.1 Å². The van der Waals surface area contributed by atoms with Crippen molar-refractivity contribution in [2.75, 3.05) is 6.61 Å². The van der Waals surface area contributed by atoms with Gasteiger partial charge in [0.1, 0.15) is 9.22 Å².